The van der Waals surface area contributed by atoms with E-state index >= 15 is 0 Å². The maximum atomic E-state index is 14.9. The first kappa shape index (κ1) is 108. The van der Waals surface area contributed by atoms with Gasteiger partial charge in [0.15, 0.2) is 24.8 Å². The van der Waals surface area contributed by atoms with Crippen LogP contribution in [-0.4, -0.2) is 205 Å². The number of phosphoric ester groups is 1. The second-order valence-electron chi connectivity index (χ2n) is 34.2. The average molecular weight is 1690 g/mol. The van der Waals surface area contributed by atoms with E-state index in [1.165, 1.54) is 186 Å². The Labute approximate surface area is 705 Å². The number of esters is 4. The van der Waals surface area contributed by atoms with Crippen LogP contribution in [0.5, 0.6) is 0 Å². The van der Waals surface area contributed by atoms with Gasteiger partial charge in [-0.1, -0.05) is 342 Å². The molecule has 26 heteroatoms. The minimum atomic E-state index is -5.81. The molecule has 117 heavy (non-hydrogen) atoms. The standard InChI is InChI=1S/C91H169O25P/c1-6-10-14-18-22-25-28-31-32-33-36-39-41-44-52-58-64-76(95)110-71(67-107-74(93)62-56-50-43-40-37-34-29-26-23-19-15-11-7-2)68-109-117(105,106)116-89-87(114-90-84(103)80(99)78(97)72(66-92)111-90)83(102)82(101)86(113-77(96)65-59-53-45-42-38-35-30-27-24-20-16-12-8-3)88(89)115-91-85(104)81(100)79(98)73(112-91)69-108-75(94)63-57-51-47-46-49-55-61-70(5)60-54-48-21-17-13-9-4/h34,37,70-73,78-92,97-104H,6-33,35-36,38-69H2,1-5H3,(H,105,106)/b37-34-. The molecule has 0 spiro atoms. The number of ether oxygens (including phenoxy) is 8. The molecule has 1 saturated carbocycles. The predicted molar refractivity (Wildman–Crippen MR) is 453 cm³/mol. The highest BCUT2D eigenvalue weighted by Gasteiger charge is 2.60. The molecule has 2 heterocycles. The maximum absolute atomic E-state index is 14.9. The molecule has 1 aliphatic carbocycles. The van der Waals surface area contributed by atoms with Crippen LogP contribution in [0.1, 0.15) is 407 Å². The van der Waals surface area contributed by atoms with Gasteiger partial charge in [0.1, 0.15) is 92.6 Å². The molecule has 25 nitrogen and oxygen atoms in total. The van der Waals surface area contributed by atoms with Gasteiger partial charge in [-0.15, -0.1) is 0 Å². The van der Waals surface area contributed by atoms with E-state index in [4.69, 9.17) is 46.9 Å². The largest absolute Gasteiger partial charge is 0.472 e. The summed E-state index contributed by atoms with van der Waals surface area (Å²) in [5.74, 6) is -2.29. The molecule has 2 aliphatic heterocycles. The van der Waals surface area contributed by atoms with E-state index in [9.17, 15) is 74.6 Å². The molecule has 3 fully saturated rings. The van der Waals surface area contributed by atoms with Crippen LogP contribution in [0.25, 0.3) is 0 Å². The Kier molecular flexibility index (Phi) is 64.4. The minimum Gasteiger partial charge on any atom is -0.463 e. The van der Waals surface area contributed by atoms with E-state index in [-0.39, 0.29) is 25.7 Å². The van der Waals surface area contributed by atoms with Gasteiger partial charge >= 0.3 is 31.7 Å². The molecule has 10 N–H and O–H groups in total. The minimum absolute atomic E-state index is 0.0156. The Hall–Kier alpha value is -2.79. The second kappa shape index (κ2) is 69.5. The molecule has 3 aliphatic rings. The van der Waals surface area contributed by atoms with Crippen molar-refractivity contribution in [3.63, 3.8) is 0 Å². The lowest BCUT2D eigenvalue weighted by Gasteiger charge is -2.50. The summed E-state index contributed by atoms with van der Waals surface area (Å²) in [6.07, 6.45) is 26.4. The Bertz CT molecular complexity index is 2500. The number of aliphatic hydroxyl groups excluding tert-OH is 9. The third-order valence-electron chi connectivity index (χ3n) is 23.4. The molecule has 0 bridgehead atoms. The van der Waals surface area contributed by atoms with E-state index < -0.39 is 162 Å². The van der Waals surface area contributed by atoms with Gasteiger partial charge in [-0.2, -0.15) is 0 Å². The van der Waals surface area contributed by atoms with E-state index in [0.29, 0.717) is 38.0 Å². The highest BCUT2D eigenvalue weighted by atomic mass is 31.2. The van der Waals surface area contributed by atoms with Crippen LogP contribution in [0.15, 0.2) is 12.2 Å². The van der Waals surface area contributed by atoms with Gasteiger partial charge < -0.3 is 88.7 Å². The van der Waals surface area contributed by atoms with Gasteiger partial charge in [-0.3, -0.25) is 28.2 Å². The Balaban J connectivity index is 1.92. The van der Waals surface area contributed by atoms with Crippen molar-refractivity contribution in [3.05, 3.63) is 12.2 Å². The summed E-state index contributed by atoms with van der Waals surface area (Å²) >= 11 is 0. The topological polar surface area (TPSA) is 380 Å². The molecule has 0 aromatic carbocycles. The first-order chi connectivity index (χ1) is 56.6. The summed E-state index contributed by atoms with van der Waals surface area (Å²) in [6.45, 7) is 7.91. The lowest BCUT2D eigenvalue weighted by molar-refractivity contribution is -0.360. The fourth-order valence-electron chi connectivity index (χ4n) is 15.8. The van der Waals surface area contributed by atoms with Crippen molar-refractivity contribution >= 4 is 31.7 Å². The number of carbonyl (C=O) groups is 4. The molecule has 2 saturated heterocycles. The van der Waals surface area contributed by atoms with Crippen LogP contribution in [0.3, 0.4) is 0 Å². The van der Waals surface area contributed by atoms with Crippen molar-refractivity contribution in [2.45, 2.75) is 511 Å². The number of unbranched alkanes of at least 4 members (excludes halogenated alkanes) is 46. The molecule has 0 aromatic rings. The van der Waals surface area contributed by atoms with E-state index in [0.717, 1.165) is 128 Å². The number of allylic oxidation sites excluding steroid dienone is 2. The van der Waals surface area contributed by atoms with Crippen LogP contribution in [-0.2, 0) is 70.7 Å². The fourth-order valence-corrected chi connectivity index (χ4v) is 16.8. The number of rotatable bonds is 76. The lowest BCUT2D eigenvalue weighted by atomic mass is 9.84. The van der Waals surface area contributed by atoms with Crippen molar-refractivity contribution in [2.24, 2.45) is 5.92 Å². The van der Waals surface area contributed by atoms with Crippen molar-refractivity contribution in [2.75, 3.05) is 26.4 Å². The highest BCUT2D eigenvalue weighted by Crippen LogP contribution is 2.49. The molecule has 0 radical (unpaired) electrons. The quantitative estimate of drug-likeness (QED) is 0.00889. The number of hydrogen-bond acceptors (Lipinski definition) is 24. The zero-order valence-corrected chi connectivity index (χ0v) is 74.3. The average Bonchev–Trinajstić information content (AvgIpc) is 0.754. The van der Waals surface area contributed by atoms with Gasteiger partial charge in [0.2, 0.25) is 0 Å². The molecular weight excluding hydrogens is 1520 g/mol. The first-order valence-electron chi connectivity index (χ1n) is 47.3. The number of hydrogen-bond donors (Lipinski definition) is 10. The second-order valence-corrected chi connectivity index (χ2v) is 35.6. The molecule has 3 rings (SSSR count). The molecule has 19 unspecified atom stereocenters. The monoisotopic (exact) mass is 1690 g/mol. The van der Waals surface area contributed by atoms with Gasteiger partial charge in [0, 0.05) is 25.7 Å². The smallest absolute Gasteiger partial charge is 0.463 e. The molecule has 0 amide bonds. The Morgan fingerprint density at radius 1 is 0.359 bits per heavy atom. The van der Waals surface area contributed by atoms with Crippen molar-refractivity contribution in [1.29, 1.82) is 0 Å². The summed E-state index contributed by atoms with van der Waals surface area (Å²) in [5, 5.41) is 102. The summed E-state index contributed by atoms with van der Waals surface area (Å²) in [5.41, 5.74) is 0. The normalized spacial score (nSPS) is 25.3. The van der Waals surface area contributed by atoms with Crippen LogP contribution < -0.4 is 0 Å². The lowest BCUT2D eigenvalue weighted by Crippen LogP contribution is -2.70. The zero-order chi connectivity index (χ0) is 85.5. The number of phosphoric acid groups is 1. The number of carbonyl (C=O) groups excluding carboxylic acids is 4. The summed E-state index contributed by atoms with van der Waals surface area (Å²) in [4.78, 5) is 66.5. The molecule has 688 valence electrons. The van der Waals surface area contributed by atoms with E-state index in [1.54, 1.807) is 0 Å². The van der Waals surface area contributed by atoms with Crippen molar-refractivity contribution in [1.82, 2.24) is 0 Å². The summed E-state index contributed by atoms with van der Waals surface area (Å²) < 4.78 is 73.4. The fraction of sp³-hybridized carbons (Fsp3) is 0.934. The zero-order valence-electron chi connectivity index (χ0n) is 73.4. The third-order valence-corrected chi connectivity index (χ3v) is 24.4. The van der Waals surface area contributed by atoms with Crippen LogP contribution in [0.4, 0.5) is 0 Å². The van der Waals surface area contributed by atoms with Gasteiger partial charge in [-0.25, -0.2) is 4.57 Å². The summed E-state index contributed by atoms with van der Waals surface area (Å²) in [7, 11) is -5.81. The van der Waals surface area contributed by atoms with E-state index in [1.807, 2.05) is 0 Å². The van der Waals surface area contributed by atoms with E-state index in [2.05, 4.69) is 46.8 Å². The van der Waals surface area contributed by atoms with Crippen LogP contribution in [0.2, 0.25) is 0 Å². The van der Waals surface area contributed by atoms with Crippen LogP contribution in [0, 0.1) is 5.92 Å². The predicted octanol–water partition coefficient (Wildman–Crippen LogP) is 17.4. The van der Waals surface area contributed by atoms with Gasteiger partial charge in [-0.05, 0) is 57.3 Å². The maximum Gasteiger partial charge on any atom is 0.472 e. The van der Waals surface area contributed by atoms with Gasteiger partial charge in [0.25, 0.3) is 0 Å². The third kappa shape index (κ3) is 50.1. The van der Waals surface area contributed by atoms with Gasteiger partial charge in [0.05, 0.1) is 13.2 Å². The van der Waals surface area contributed by atoms with Crippen LogP contribution >= 0.6 is 7.82 Å². The molecule has 0 aromatic heterocycles. The molecular formula is C91H169O25P. The van der Waals surface area contributed by atoms with Crippen molar-refractivity contribution in [3.8, 4) is 0 Å². The highest BCUT2D eigenvalue weighted by molar-refractivity contribution is 7.47. The number of aliphatic hydroxyl groups is 9. The Morgan fingerprint density at radius 3 is 1.11 bits per heavy atom. The SMILES string of the molecule is CCCCCCCC/C=C\CCCCCC(=O)OCC(COP(=O)(O)OC1C(OC2OC(CO)C(O)C(O)C2O)C(O)C(O)C(OC(=O)CCCCCCCCCCCCCCC)C1OC1OC(COC(=O)CCCCCCCCC(C)CCCCCCCC)C(O)C(O)C1O)OC(=O)CCCCCCCCCCCCCCCCCC. The Morgan fingerprint density at radius 2 is 0.692 bits per heavy atom. The summed E-state index contributed by atoms with van der Waals surface area (Å²) in [6, 6.07) is 0. The first-order valence-corrected chi connectivity index (χ1v) is 48.8. The van der Waals surface area contributed by atoms with Crippen molar-refractivity contribution < 1.29 is 122 Å². The molecule has 19 atom stereocenters.